The molecule has 11 nitrogen and oxygen atoms in total. The van der Waals surface area contributed by atoms with Crippen molar-refractivity contribution in [3.05, 3.63) is 0 Å². The smallest absolute Gasteiger partial charge is 0.186 e. The Morgan fingerprint density at radius 2 is 1.30 bits per heavy atom. The monoisotopic (exact) mass is 341 g/mol. The summed E-state index contributed by atoms with van der Waals surface area (Å²) >= 11 is 0. The standard InChI is InChI=1S/C12H21O11/c13-1-3-5(14)8(17)10(19)12(23-3)21-2-4-6(15)7(16)9(18)11(20)22-4/h3-19H,1-2H2/q-1/t3-,4-,5+,6+,7+,8+,9-,10-,11?,12+/m1/s1. The van der Waals surface area contributed by atoms with Gasteiger partial charge < -0.3 is 55.1 Å². The minimum absolute atomic E-state index is 0.508. The third-order valence-electron chi connectivity index (χ3n) is 3.94. The Bertz CT molecular complexity index is 380. The molecule has 136 valence electrons. The van der Waals surface area contributed by atoms with E-state index in [9.17, 15) is 35.7 Å². The molecule has 0 aromatic heterocycles. The maximum Gasteiger partial charge on any atom is 0.186 e. The quantitative estimate of drug-likeness (QED) is 0.257. The van der Waals surface area contributed by atoms with Crippen molar-refractivity contribution in [3.8, 4) is 0 Å². The van der Waals surface area contributed by atoms with Crippen LogP contribution in [0.15, 0.2) is 0 Å². The van der Waals surface area contributed by atoms with E-state index in [1.54, 1.807) is 0 Å². The van der Waals surface area contributed by atoms with Crippen molar-refractivity contribution in [2.45, 2.75) is 61.4 Å². The maximum absolute atomic E-state index is 11.4. The van der Waals surface area contributed by atoms with E-state index in [0.29, 0.717) is 0 Å². The predicted molar refractivity (Wildman–Crippen MR) is 66.4 cm³/mol. The fourth-order valence-corrected chi connectivity index (χ4v) is 2.45. The Kier molecular flexibility index (Phi) is 6.27. The van der Waals surface area contributed by atoms with E-state index >= 15 is 0 Å². The Balaban J connectivity index is 1.94. The Labute approximate surface area is 130 Å². The molecule has 0 bridgehead atoms. The van der Waals surface area contributed by atoms with Crippen LogP contribution in [0.25, 0.3) is 0 Å². The summed E-state index contributed by atoms with van der Waals surface area (Å²) in [6.45, 7) is -1.15. The van der Waals surface area contributed by atoms with E-state index in [4.69, 9.17) is 19.3 Å². The highest BCUT2D eigenvalue weighted by Crippen LogP contribution is 2.24. The van der Waals surface area contributed by atoms with Gasteiger partial charge in [-0.25, -0.2) is 0 Å². The Morgan fingerprint density at radius 1 is 0.739 bits per heavy atom. The van der Waals surface area contributed by atoms with Crippen molar-refractivity contribution in [2.24, 2.45) is 0 Å². The lowest BCUT2D eigenvalue weighted by Crippen LogP contribution is -2.63. The molecule has 0 saturated carbocycles. The van der Waals surface area contributed by atoms with Gasteiger partial charge in [-0.3, -0.25) is 0 Å². The molecule has 0 aliphatic carbocycles. The molecule has 2 rings (SSSR count). The van der Waals surface area contributed by atoms with Crippen LogP contribution in [0.5, 0.6) is 0 Å². The number of ether oxygens (including phenoxy) is 3. The average Bonchev–Trinajstić information content (AvgIpc) is 2.54. The first-order chi connectivity index (χ1) is 10.8. The third kappa shape index (κ3) is 3.81. The van der Waals surface area contributed by atoms with Gasteiger partial charge in [-0.05, 0) is 0 Å². The molecule has 10 atom stereocenters. The van der Waals surface area contributed by atoms with Crippen LogP contribution in [0.3, 0.4) is 0 Å². The van der Waals surface area contributed by atoms with E-state index in [1.165, 1.54) is 0 Å². The summed E-state index contributed by atoms with van der Waals surface area (Å²) < 4.78 is 15.0. The summed E-state index contributed by atoms with van der Waals surface area (Å²) in [6.07, 6.45) is -15.9. The van der Waals surface area contributed by atoms with E-state index < -0.39 is 74.6 Å². The molecular weight excluding hydrogens is 320 g/mol. The molecular formula is C12H21O11-. The largest absolute Gasteiger partial charge is 0.829 e. The first-order valence-electron chi connectivity index (χ1n) is 7.05. The van der Waals surface area contributed by atoms with Gasteiger partial charge in [0.2, 0.25) is 0 Å². The minimum Gasteiger partial charge on any atom is -0.829 e. The second kappa shape index (κ2) is 7.63. The molecule has 0 aromatic rings. The van der Waals surface area contributed by atoms with Crippen molar-refractivity contribution in [3.63, 3.8) is 0 Å². The van der Waals surface area contributed by atoms with Gasteiger partial charge in [-0.15, -0.1) is 0 Å². The van der Waals surface area contributed by atoms with E-state index in [-0.39, 0.29) is 0 Å². The summed E-state index contributed by atoms with van der Waals surface area (Å²) in [4.78, 5) is 0. The molecule has 0 radical (unpaired) electrons. The zero-order chi connectivity index (χ0) is 17.3. The van der Waals surface area contributed by atoms with Crippen molar-refractivity contribution >= 4 is 0 Å². The first-order valence-corrected chi connectivity index (χ1v) is 7.05. The first kappa shape index (κ1) is 18.9. The molecule has 0 aromatic carbocycles. The topological polar surface area (TPSA) is 192 Å². The molecule has 2 fully saturated rings. The fourth-order valence-electron chi connectivity index (χ4n) is 2.45. The van der Waals surface area contributed by atoms with Gasteiger partial charge in [0, 0.05) is 6.29 Å². The summed E-state index contributed by atoms with van der Waals surface area (Å²) in [7, 11) is 0. The van der Waals surface area contributed by atoms with Gasteiger partial charge in [0.1, 0.15) is 42.7 Å². The van der Waals surface area contributed by atoms with Crippen LogP contribution in [0.2, 0.25) is 0 Å². The molecule has 2 heterocycles. The van der Waals surface area contributed by atoms with Crippen LogP contribution in [-0.4, -0.2) is 110 Å². The summed E-state index contributed by atoms with van der Waals surface area (Å²) in [6, 6.07) is 0. The average molecular weight is 341 g/mol. The number of hydrogen-bond acceptors (Lipinski definition) is 11. The van der Waals surface area contributed by atoms with Crippen LogP contribution in [0.4, 0.5) is 0 Å². The normalized spacial score (nSPS) is 51.7. The molecule has 0 amide bonds. The second-order valence-corrected chi connectivity index (χ2v) is 5.55. The Hall–Kier alpha value is -0.440. The number of rotatable bonds is 4. The van der Waals surface area contributed by atoms with Crippen LogP contribution in [0.1, 0.15) is 0 Å². The number of aliphatic hydroxyl groups is 7. The van der Waals surface area contributed by atoms with Crippen LogP contribution >= 0.6 is 0 Å². The predicted octanol–water partition coefficient (Wildman–Crippen LogP) is -6.03. The van der Waals surface area contributed by atoms with Crippen LogP contribution in [-0.2, 0) is 14.2 Å². The Morgan fingerprint density at radius 3 is 1.91 bits per heavy atom. The lowest BCUT2D eigenvalue weighted by atomic mass is 9.98. The van der Waals surface area contributed by atoms with Crippen LogP contribution < -0.4 is 5.11 Å². The number of hydrogen-bond donors (Lipinski definition) is 7. The van der Waals surface area contributed by atoms with Gasteiger partial charge in [0.25, 0.3) is 0 Å². The maximum atomic E-state index is 11.4. The van der Waals surface area contributed by atoms with E-state index in [0.717, 1.165) is 0 Å². The van der Waals surface area contributed by atoms with Crippen molar-refractivity contribution < 1.29 is 55.1 Å². The lowest BCUT2D eigenvalue weighted by Gasteiger charge is -2.45. The van der Waals surface area contributed by atoms with E-state index in [2.05, 4.69) is 0 Å². The molecule has 0 spiro atoms. The molecule has 11 heteroatoms. The van der Waals surface area contributed by atoms with Gasteiger partial charge in [-0.2, -0.15) is 0 Å². The van der Waals surface area contributed by atoms with Gasteiger partial charge in [-0.1, -0.05) is 0 Å². The van der Waals surface area contributed by atoms with Gasteiger partial charge in [0.05, 0.1) is 19.3 Å². The number of aliphatic hydroxyl groups excluding tert-OH is 7. The SMILES string of the molecule is [O-]C1O[C@H](CO[C@H]2O[C@H](CO)[C@H](O)[C@H](O)[C@H]2O)[C@H](O)[C@H](O)[C@H]1O. The molecule has 1 unspecified atom stereocenters. The zero-order valence-corrected chi connectivity index (χ0v) is 12.0. The van der Waals surface area contributed by atoms with Crippen molar-refractivity contribution in [2.75, 3.05) is 13.2 Å². The fraction of sp³-hybridized carbons (Fsp3) is 1.00. The van der Waals surface area contributed by atoms with E-state index in [1.807, 2.05) is 0 Å². The molecule has 2 saturated heterocycles. The molecule has 2 aliphatic heterocycles. The molecule has 2 aliphatic rings. The lowest BCUT2D eigenvalue weighted by molar-refractivity contribution is -0.533. The zero-order valence-electron chi connectivity index (χ0n) is 12.0. The minimum atomic E-state index is -1.99. The third-order valence-corrected chi connectivity index (χ3v) is 3.94. The van der Waals surface area contributed by atoms with Crippen molar-refractivity contribution in [1.82, 2.24) is 0 Å². The van der Waals surface area contributed by atoms with Crippen molar-refractivity contribution in [1.29, 1.82) is 0 Å². The van der Waals surface area contributed by atoms with Crippen LogP contribution in [0, 0.1) is 0 Å². The highest BCUT2D eigenvalue weighted by atomic mass is 16.7. The second-order valence-electron chi connectivity index (χ2n) is 5.55. The highest BCUT2D eigenvalue weighted by molar-refractivity contribution is 4.91. The van der Waals surface area contributed by atoms with Gasteiger partial charge >= 0.3 is 0 Å². The van der Waals surface area contributed by atoms with Gasteiger partial charge in [0.15, 0.2) is 6.29 Å². The summed E-state index contributed by atoms with van der Waals surface area (Å²) in [5.41, 5.74) is 0. The summed E-state index contributed by atoms with van der Waals surface area (Å²) in [5, 5.41) is 77.9. The molecule has 7 N–H and O–H groups in total. The highest BCUT2D eigenvalue weighted by Gasteiger charge is 2.45. The summed E-state index contributed by atoms with van der Waals surface area (Å²) in [5.74, 6) is 0. The molecule has 23 heavy (non-hydrogen) atoms.